The number of benzene rings is 2. The van der Waals surface area contributed by atoms with Gasteiger partial charge < -0.3 is 21.3 Å². The minimum Gasteiger partial charge on any atom is -0.372 e. The molecule has 0 saturated heterocycles. The summed E-state index contributed by atoms with van der Waals surface area (Å²) in [4.78, 5) is 18.1. The molecule has 0 fully saturated rings. The number of carbonyl (C=O) groups excluding carboxylic acids is 1. The molecule has 150 valence electrons. The molecule has 0 bridgehead atoms. The van der Waals surface area contributed by atoms with E-state index in [4.69, 9.17) is 5.73 Å². The predicted octanol–water partition coefficient (Wildman–Crippen LogP) is 2.76. The first-order valence-electron chi connectivity index (χ1n) is 9.85. The number of primary amides is 1. The van der Waals surface area contributed by atoms with Crippen LogP contribution in [0, 0.1) is 0 Å². The topological polar surface area (TPSA) is 82.7 Å². The molecule has 0 aliphatic rings. The van der Waals surface area contributed by atoms with Gasteiger partial charge in [0.2, 0.25) is 5.91 Å². The molecule has 0 spiro atoms. The van der Waals surface area contributed by atoms with Crippen molar-refractivity contribution in [3.63, 3.8) is 0 Å². The van der Waals surface area contributed by atoms with Crippen LogP contribution in [0.5, 0.6) is 0 Å². The third-order valence-corrected chi connectivity index (χ3v) is 4.40. The number of nitrogens with one attached hydrogen (secondary N) is 2. The fourth-order valence-electron chi connectivity index (χ4n) is 2.87. The van der Waals surface area contributed by atoms with Crippen LogP contribution >= 0.6 is 0 Å². The van der Waals surface area contributed by atoms with Gasteiger partial charge in [0.05, 0.1) is 6.54 Å². The highest BCUT2D eigenvalue weighted by molar-refractivity contribution is 5.92. The molecule has 0 unspecified atom stereocenters. The van der Waals surface area contributed by atoms with Crippen molar-refractivity contribution in [3.05, 3.63) is 65.7 Å². The van der Waals surface area contributed by atoms with Crippen molar-refractivity contribution in [1.82, 2.24) is 10.6 Å². The van der Waals surface area contributed by atoms with Crippen LogP contribution in [0.4, 0.5) is 5.69 Å². The summed E-state index contributed by atoms with van der Waals surface area (Å²) < 4.78 is 0. The maximum absolute atomic E-state index is 11.1. The molecule has 1 amide bonds. The van der Waals surface area contributed by atoms with Crippen molar-refractivity contribution in [2.75, 3.05) is 31.1 Å². The Kier molecular flexibility index (Phi) is 8.85. The first-order chi connectivity index (χ1) is 13.6. The number of anilines is 1. The number of aliphatic imine (C=N–C) groups is 1. The lowest BCUT2D eigenvalue weighted by Crippen LogP contribution is -2.38. The fraction of sp³-hybridized carbons (Fsp3) is 0.364. The lowest BCUT2D eigenvalue weighted by Gasteiger charge is -2.23. The molecule has 0 aromatic heterocycles. The van der Waals surface area contributed by atoms with Crippen LogP contribution in [0.3, 0.4) is 0 Å². The summed E-state index contributed by atoms with van der Waals surface area (Å²) in [5, 5.41) is 6.66. The second kappa shape index (κ2) is 11.6. The minimum absolute atomic E-state index is 0.415. The van der Waals surface area contributed by atoms with Crippen molar-refractivity contribution in [1.29, 1.82) is 0 Å². The number of carbonyl (C=O) groups is 1. The largest absolute Gasteiger partial charge is 0.372 e. The van der Waals surface area contributed by atoms with E-state index in [9.17, 15) is 4.79 Å². The fourth-order valence-corrected chi connectivity index (χ4v) is 2.87. The maximum Gasteiger partial charge on any atom is 0.248 e. The van der Waals surface area contributed by atoms with Crippen molar-refractivity contribution in [3.8, 4) is 0 Å². The predicted molar refractivity (Wildman–Crippen MR) is 117 cm³/mol. The van der Waals surface area contributed by atoms with Crippen molar-refractivity contribution >= 4 is 17.6 Å². The quantitative estimate of drug-likeness (QED) is 0.336. The highest BCUT2D eigenvalue weighted by atomic mass is 16.1. The van der Waals surface area contributed by atoms with Gasteiger partial charge in [-0.05, 0) is 50.1 Å². The molecule has 28 heavy (non-hydrogen) atoms. The Morgan fingerprint density at radius 2 is 1.75 bits per heavy atom. The van der Waals surface area contributed by atoms with Gasteiger partial charge in [-0.3, -0.25) is 4.79 Å². The summed E-state index contributed by atoms with van der Waals surface area (Å²) in [7, 11) is 0. The standard InChI is InChI=1S/C22H31N5O/c1-3-24-22(26-17-18-11-13-19(14-12-18)21(23)28)25-15-8-16-27(4-2)20-9-6-5-7-10-20/h5-7,9-14H,3-4,8,15-17H2,1-2H3,(H2,23,28)(H2,24,25,26). The van der Waals surface area contributed by atoms with E-state index in [1.54, 1.807) is 12.1 Å². The number of para-hydroxylation sites is 1. The summed E-state index contributed by atoms with van der Waals surface area (Å²) in [6, 6.07) is 17.7. The molecule has 0 radical (unpaired) electrons. The Morgan fingerprint density at radius 3 is 2.36 bits per heavy atom. The summed E-state index contributed by atoms with van der Waals surface area (Å²) in [6.07, 6.45) is 1.01. The summed E-state index contributed by atoms with van der Waals surface area (Å²) in [5.74, 6) is 0.380. The van der Waals surface area contributed by atoms with Gasteiger partial charge in [-0.25, -0.2) is 4.99 Å². The van der Waals surface area contributed by atoms with E-state index in [2.05, 4.69) is 51.7 Å². The van der Waals surface area contributed by atoms with Crippen LogP contribution in [0.25, 0.3) is 0 Å². The normalized spacial score (nSPS) is 11.1. The van der Waals surface area contributed by atoms with E-state index in [-0.39, 0.29) is 0 Å². The average Bonchev–Trinajstić information content (AvgIpc) is 2.73. The minimum atomic E-state index is -0.415. The number of rotatable bonds is 10. The Balaban J connectivity index is 1.83. The van der Waals surface area contributed by atoms with Gasteiger partial charge in [-0.15, -0.1) is 0 Å². The molecule has 2 rings (SSSR count). The zero-order chi connectivity index (χ0) is 20.2. The highest BCUT2D eigenvalue weighted by Gasteiger charge is 2.04. The van der Waals surface area contributed by atoms with Gasteiger partial charge in [-0.1, -0.05) is 30.3 Å². The molecule has 0 atom stereocenters. The Morgan fingerprint density at radius 1 is 1.04 bits per heavy atom. The Labute approximate surface area is 167 Å². The summed E-state index contributed by atoms with van der Waals surface area (Å²) in [5.41, 5.74) is 8.07. The lowest BCUT2D eigenvalue weighted by molar-refractivity contribution is 0.100. The van der Waals surface area contributed by atoms with Crippen molar-refractivity contribution in [2.45, 2.75) is 26.8 Å². The molecule has 0 aliphatic heterocycles. The van der Waals surface area contributed by atoms with Gasteiger partial charge >= 0.3 is 0 Å². The number of hydrogen-bond donors (Lipinski definition) is 3. The second-order valence-corrected chi connectivity index (χ2v) is 6.45. The summed E-state index contributed by atoms with van der Waals surface area (Å²) in [6.45, 7) is 8.39. The van der Waals surface area contributed by atoms with E-state index in [1.165, 1.54) is 5.69 Å². The molecular weight excluding hydrogens is 350 g/mol. The molecule has 6 heteroatoms. The molecule has 2 aromatic rings. The second-order valence-electron chi connectivity index (χ2n) is 6.45. The van der Waals surface area contributed by atoms with Crippen LogP contribution < -0.4 is 21.3 Å². The van der Waals surface area contributed by atoms with E-state index in [0.29, 0.717) is 12.1 Å². The van der Waals surface area contributed by atoms with Crippen molar-refractivity contribution in [2.24, 2.45) is 10.7 Å². The zero-order valence-corrected chi connectivity index (χ0v) is 16.8. The van der Waals surface area contributed by atoms with E-state index in [0.717, 1.165) is 44.1 Å². The van der Waals surface area contributed by atoms with Crippen LogP contribution in [-0.4, -0.2) is 38.0 Å². The average molecular weight is 382 g/mol. The number of nitrogens with two attached hydrogens (primary N) is 1. The first-order valence-corrected chi connectivity index (χ1v) is 9.85. The lowest BCUT2D eigenvalue weighted by atomic mass is 10.1. The molecular formula is C22H31N5O. The van der Waals surface area contributed by atoms with E-state index < -0.39 is 5.91 Å². The Bertz CT molecular complexity index is 743. The molecule has 4 N–H and O–H groups in total. The first kappa shape index (κ1) is 21.3. The van der Waals surface area contributed by atoms with Gasteiger partial charge in [0.25, 0.3) is 0 Å². The maximum atomic E-state index is 11.1. The third-order valence-electron chi connectivity index (χ3n) is 4.40. The Hall–Kier alpha value is -3.02. The highest BCUT2D eigenvalue weighted by Crippen LogP contribution is 2.12. The zero-order valence-electron chi connectivity index (χ0n) is 16.8. The van der Waals surface area contributed by atoms with E-state index >= 15 is 0 Å². The van der Waals surface area contributed by atoms with Crippen molar-refractivity contribution < 1.29 is 4.79 Å². The van der Waals surface area contributed by atoms with Gasteiger partial charge in [-0.2, -0.15) is 0 Å². The number of guanidine groups is 1. The summed E-state index contributed by atoms with van der Waals surface area (Å²) >= 11 is 0. The van der Waals surface area contributed by atoms with Crippen LogP contribution in [0.2, 0.25) is 0 Å². The van der Waals surface area contributed by atoms with Crippen LogP contribution in [-0.2, 0) is 6.54 Å². The van der Waals surface area contributed by atoms with Gasteiger partial charge in [0, 0.05) is 37.4 Å². The molecule has 0 aliphatic carbocycles. The molecule has 0 heterocycles. The third kappa shape index (κ3) is 6.95. The van der Waals surface area contributed by atoms with Crippen LogP contribution in [0.1, 0.15) is 36.2 Å². The smallest absolute Gasteiger partial charge is 0.248 e. The molecule has 6 nitrogen and oxygen atoms in total. The van der Waals surface area contributed by atoms with Gasteiger partial charge in [0.15, 0.2) is 5.96 Å². The number of nitrogens with zero attached hydrogens (tertiary/aromatic N) is 2. The molecule has 0 saturated carbocycles. The molecule has 2 aromatic carbocycles. The number of hydrogen-bond acceptors (Lipinski definition) is 3. The SMILES string of the molecule is CCNC(=NCc1ccc(C(N)=O)cc1)NCCCN(CC)c1ccccc1. The van der Waals surface area contributed by atoms with Gasteiger partial charge in [0.1, 0.15) is 0 Å². The monoisotopic (exact) mass is 381 g/mol. The van der Waals surface area contributed by atoms with E-state index in [1.807, 2.05) is 25.1 Å². The number of amides is 1. The van der Waals surface area contributed by atoms with Crippen LogP contribution in [0.15, 0.2) is 59.6 Å².